The minimum Gasteiger partial charge on any atom is -0.497 e. The highest BCUT2D eigenvalue weighted by molar-refractivity contribution is 5.80. The molecule has 0 saturated carbocycles. The van der Waals surface area contributed by atoms with Gasteiger partial charge >= 0.3 is 11.9 Å². The summed E-state index contributed by atoms with van der Waals surface area (Å²) in [5.41, 5.74) is 0.931. The lowest BCUT2D eigenvalue weighted by Crippen LogP contribution is -2.22. The number of esters is 2. The maximum absolute atomic E-state index is 11.6. The Balaban J connectivity index is 2.75. The van der Waals surface area contributed by atoms with Crippen LogP contribution >= 0.6 is 0 Å². The quantitative estimate of drug-likeness (QED) is 0.732. The first-order chi connectivity index (χ1) is 9.10. The molecule has 0 heterocycles. The number of hydrogen-bond acceptors (Lipinski definition) is 5. The van der Waals surface area contributed by atoms with Gasteiger partial charge in [-0.05, 0) is 24.1 Å². The molecule has 0 bridgehead atoms. The number of benzene rings is 1. The van der Waals surface area contributed by atoms with E-state index in [0.717, 1.165) is 11.3 Å². The Morgan fingerprint density at radius 2 is 1.68 bits per heavy atom. The van der Waals surface area contributed by atoms with Crippen LogP contribution in [-0.2, 0) is 25.5 Å². The Bertz CT molecular complexity index is 424. The SMILES string of the molecule is COC(=O)C[C@H](Cc1ccc(OC)cc1)C(=O)OC. The van der Waals surface area contributed by atoms with Gasteiger partial charge < -0.3 is 14.2 Å². The third-order valence-corrected chi connectivity index (χ3v) is 2.82. The summed E-state index contributed by atoms with van der Waals surface area (Å²) >= 11 is 0. The fraction of sp³-hybridized carbons (Fsp3) is 0.429. The Kier molecular flexibility index (Phi) is 5.85. The van der Waals surface area contributed by atoms with Crippen molar-refractivity contribution in [3.63, 3.8) is 0 Å². The largest absolute Gasteiger partial charge is 0.497 e. The third kappa shape index (κ3) is 4.62. The van der Waals surface area contributed by atoms with E-state index in [1.54, 1.807) is 7.11 Å². The average molecular weight is 266 g/mol. The van der Waals surface area contributed by atoms with Gasteiger partial charge in [0.25, 0.3) is 0 Å². The van der Waals surface area contributed by atoms with Crippen molar-refractivity contribution < 1.29 is 23.8 Å². The molecule has 0 amide bonds. The average Bonchev–Trinajstić information content (AvgIpc) is 2.46. The molecule has 0 aromatic heterocycles. The summed E-state index contributed by atoms with van der Waals surface area (Å²) < 4.78 is 14.3. The van der Waals surface area contributed by atoms with Crippen LogP contribution in [0.4, 0.5) is 0 Å². The molecule has 0 unspecified atom stereocenters. The van der Waals surface area contributed by atoms with Crippen molar-refractivity contribution in [3.05, 3.63) is 29.8 Å². The monoisotopic (exact) mass is 266 g/mol. The van der Waals surface area contributed by atoms with Crippen LogP contribution in [0.15, 0.2) is 24.3 Å². The lowest BCUT2D eigenvalue weighted by atomic mass is 9.96. The van der Waals surface area contributed by atoms with Gasteiger partial charge in [0.2, 0.25) is 0 Å². The molecule has 19 heavy (non-hydrogen) atoms. The fourth-order valence-corrected chi connectivity index (χ4v) is 1.74. The van der Waals surface area contributed by atoms with Gasteiger partial charge in [0.15, 0.2) is 0 Å². The first-order valence-electron chi connectivity index (χ1n) is 5.88. The second-order valence-electron chi connectivity index (χ2n) is 4.05. The van der Waals surface area contributed by atoms with Crippen molar-refractivity contribution in [1.82, 2.24) is 0 Å². The second-order valence-corrected chi connectivity index (χ2v) is 4.05. The van der Waals surface area contributed by atoms with Crippen molar-refractivity contribution in [3.8, 4) is 5.75 Å². The molecule has 0 fully saturated rings. The number of carbonyl (C=O) groups excluding carboxylic acids is 2. The van der Waals surface area contributed by atoms with Gasteiger partial charge in [-0.25, -0.2) is 0 Å². The predicted molar refractivity (Wildman–Crippen MR) is 68.8 cm³/mol. The highest BCUT2D eigenvalue weighted by Crippen LogP contribution is 2.18. The van der Waals surface area contributed by atoms with Crippen LogP contribution in [0, 0.1) is 5.92 Å². The molecule has 0 radical (unpaired) electrons. The van der Waals surface area contributed by atoms with Gasteiger partial charge in [-0.1, -0.05) is 12.1 Å². The van der Waals surface area contributed by atoms with E-state index in [-0.39, 0.29) is 6.42 Å². The molecule has 0 spiro atoms. The normalized spacial score (nSPS) is 11.5. The van der Waals surface area contributed by atoms with E-state index in [9.17, 15) is 9.59 Å². The lowest BCUT2D eigenvalue weighted by molar-refractivity contribution is -0.151. The molecule has 0 saturated heterocycles. The summed E-state index contributed by atoms with van der Waals surface area (Å²) in [5, 5.41) is 0. The topological polar surface area (TPSA) is 61.8 Å². The Morgan fingerprint density at radius 1 is 1.05 bits per heavy atom. The third-order valence-electron chi connectivity index (χ3n) is 2.82. The molecule has 0 N–H and O–H groups in total. The van der Waals surface area contributed by atoms with Crippen molar-refractivity contribution >= 4 is 11.9 Å². The van der Waals surface area contributed by atoms with Crippen LogP contribution in [-0.4, -0.2) is 33.3 Å². The van der Waals surface area contributed by atoms with E-state index in [2.05, 4.69) is 4.74 Å². The summed E-state index contributed by atoms with van der Waals surface area (Å²) in [4.78, 5) is 22.9. The van der Waals surface area contributed by atoms with E-state index in [1.165, 1.54) is 14.2 Å². The molecule has 1 atom stereocenters. The minimum absolute atomic E-state index is 0.00913. The van der Waals surface area contributed by atoms with Crippen LogP contribution in [0.2, 0.25) is 0 Å². The zero-order chi connectivity index (χ0) is 14.3. The van der Waals surface area contributed by atoms with Crippen LogP contribution in [0.1, 0.15) is 12.0 Å². The number of methoxy groups -OCH3 is 3. The molecule has 0 aliphatic carbocycles. The molecule has 5 heteroatoms. The maximum Gasteiger partial charge on any atom is 0.309 e. The first kappa shape index (κ1) is 15.0. The molecule has 0 aliphatic rings. The molecule has 1 aromatic rings. The number of hydrogen-bond donors (Lipinski definition) is 0. The second kappa shape index (κ2) is 7.41. The van der Waals surface area contributed by atoms with Gasteiger partial charge in [-0.3, -0.25) is 9.59 Å². The fourth-order valence-electron chi connectivity index (χ4n) is 1.74. The van der Waals surface area contributed by atoms with Crippen LogP contribution in [0.5, 0.6) is 5.75 Å². The van der Waals surface area contributed by atoms with Crippen molar-refractivity contribution in [1.29, 1.82) is 0 Å². The smallest absolute Gasteiger partial charge is 0.309 e. The summed E-state index contributed by atoms with van der Waals surface area (Å²) in [6.45, 7) is 0. The van der Waals surface area contributed by atoms with Gasteiger partial charge in [0, 0.05) is 0 Å². The van der Waals surface area contributed by atoms with E-state index < -0.39 is 17.9 Å². The van der Waals surface area contributed by atoms with Crippen molar-refractivity contribution in [2.75, 3.05) is 21.3 Å². The number of ether oxygens (including phenoxy) is 3. The Labute approximate surface area is 112 Å². The Morgan fingerprint density at radius 3 is 2.16 bits per heavy atom. The molecule has 0 aliphatic heterocycles. The minimum atomic E-state index is -0.536. The van der Waals surface area contributed by atoms with Crippen LogP contribution in [0.25, 0.3) is 0 Å². The summed E-state index contributed by atoms with van der Waals surface area (Å²) in [6, 6.07) is 7.32. The van der Waals surface area contributed by atoms with E-state index >= 15 is 0 Å². The van der Waals surface area contributed by atoms with Crippen LogP contribution in [0.3, 0.4) is 0 Å². The molecule has 1 aromatic carbocycles. The summed E-state index contributed by atoms with van der Waals surface area (Å²) in [7, 11) is 4.19. The summed E-state index contributed by atoms with van der Waals surface area (Å²) in [5.74, 6) is -0.637. The summed E-state index contributed by atoms with van der Waals surface area (Å²) in [6.07, 6.45) is 0.432. The zero-order valence-electron chi connectivity index (χ0n) is 11.3. The van der Waals surface area contributed by atoms with E-state index in [0.29, 0.717) is 6.42 Å². The molecular weight excluding hydrogens is 248 g/mol. The van der Waals surface area contributed by atoms with E-state index in [1.807, 2.05) is 24.3 Å². The number of carbonyl (C=O) groups is 2. The van der Waals surface area contributed by atoms with Crippen LogP contribution < -0.4 is 4.74 Å². The zero-order valence-corrected chi connectivity index (χ0v) is 11.3. The lowest BCUT2D eigenvalue weighted by Gasteiger charge is -2.13. The molecule has 5 nitrogen and oxygen atoms in total. The molecular formula is C14H18O5. The Hall–Kier alpha value is -2.04. The predicted octanol–water partition coefficient (Wildman–Crippen LogP) is 1.59. The van der Waals surface area contributed by atoms with Crippen molar-refractivity contribution in [2.45, 2.75) is 12.8 Å². The highest BCUT2D eigenvalue weighted by Gasteiger charge is 2.23. The van der Waals surface area contributed by atoms with Gasteiger partial charge in [0.05, 0.1) is 33.7 Å². The van der Waals surface area contributed by atoms with Gasteiger partial charge in [-0.2, -0.15) is 0 Å². The van der Waals surface area contributed by atoms with Gasteiger partial charge in [-0.15, -0.1) is 0 Å². The van der Waals surface area contributed by atoms with Gasteiger partial charge in [0.1, 0.15) is 5.75 Å². The van der Waals surface area contributed by atoms with Crippen molar-refractivity contribution in [2.24, 2.45) is 5.92 Å². The highest BCUT2D eigenvalue weighted by atomic mass is 16.5. The molecule has 104 valence electrons. The number of rotatable bonds is 6. The van der Waals surface area contributed by atoms with E-state index in [4.69, 9.17) is 9.47 Å². The first-order valence-corrected chi connectivity index (χ1v) is 5.88. The molecule has 1 rings (SSSR count). The standard InChI is InChI=1S/C14H18O5/c1-17-12-6-4-10(5-7-12)8-11(14(16)19-3)9-13(15)18-2/h4-7,11H,8-9H2,1-3H3/t11-/m0/s1. The maximum atomic E-state index is 11.6.